The van der Waals surface area contributed by atoms with Gasteiger partial charge in [-0.25, -0.2) is 4.79 Å². The molecule has 4 heteroatoms. The second-order valence-corrected chi connectivity index (χ2v) is 5.18. The van der Waals surface area contributed by atoms with Crippen LogP contribution in [0.2, 0.25) is 0 Å². The van der Waals surface area contributed by atoms with Crippen LogP contribution in [0.25, 0.3) is 0 Å². The van der Waals surface area contributed by atoms with Crippen molar-refractivity contribution in [2.24, 2.45) is 22.8 Å². The van der Waals surface area contributed by atoms with E-state index in [1.807, 2.05) is 0 Å². The Balaban J connectivity index is 2.70. The molecule has 4 N–H and O–H groups in total. The van der Waals surface area contributed by atoms with Crippen molar-refractivity contribution in [2.45, 2.75) is 39.2 Å². The molecular weight excluding hydrogens is 180 g/mol. The molecule has 1 rings (SSSR count). The fraction of sp³-hybridized carbons (Fsp3) is 0.900. The summed E-state index contributed by atoms with van der Waals surface area (Å²) in [6.07, 6.45) is 0.974. The second-order valence-electron chi connectivity index (χ2n) is 5.18. The van der Waals surface area contributed by atoms with Crippen LogP contribution in [-0.2, 0) is 4.74 Å². The molecule has 14 heavy (non-hydrogen) atoms. The van der Waals surface area contributed by atoms with Crippen molar-refractivity contribution in [3.8, 4) is 0 Å². The Labute approximate surface area is 85.0 Å². The van der Waals surface area contributed by atoms with E-state index in [-0.39, 0.29) is 5.41 Å². The molecule has 0 atom stereocenters. The van der Waals surface area contributed by atoms with Gasteiger partial charge in [-0.1, -0.05) is 20.8 Å². The van der Waals surface area contributed by atoms with Crippen LogP contribution in [-0.4, -0.2) is 18.2 Å². The average Bonchev–Trinajstić information content (AvgIpc) is 1.92. The van der Waals surface area contributed by atoms with Gasteiger partial charge in [-0.05, 0) is 25.3 Å². The molecule has 0 aliphatic heterocycles. The molecule has 0 spiro atoms. The number of ether oxygens (including phenoxy) is 1. The normalized spacial score (nSPS) is 32.1. The smallest absolute Gasteiger partial charge is 0.405 e. The lowest BCUT2D eigenvalue weighted by Crippen LogP contribution is -2.58. The van der Waals surface area contributed by atoms with Crippen molar-refractivity contribution in [1.82, 2.24) is 0 Å². The summed E-state index contributed by atoms with van der Waals surface area (Å²) < 4.78 is 5.25. The van der Waals surface area contributed by atoms with Gasteiger partial charge in [0.05, 0.1) is 0 Å². The van der Waals surface area contributed by atoms with E-state index in [1.165, 1.54) is 0 Å². The summed E-state index contributed by atoms with van der Waals surface area (Å²) in [5.41, 5.74) is 10.2. The maximum Gasteiger partial charge on any atom is 0.405 e. The van der Waals surface area contributed by atoms with E-state index in [1.54, 1.807) is 0 Å². The number of hydrogen-bond donors (Lipinski definition) is 2. The van der Waals surface area contributed by atoms with E-state index in [0.29, 0.717) is 12.5 Å². The van der Waals surface area contributed by atoms with Crippen molar-refractivity contribution in [3.05, 3.63) is 0 Å². The summed E-state index contributed by atoms with van der Waals surface area (Å²) in [6.45, 7) is 6.83. The molecule has 1 fully saturated rings. The molecule has 1 aliphatic carbocycles. The fourth-order valence-corrected chi connectivity index (χ4v) is 2.08. The summed E-state index contributed by atoms with van der Waals surface area (Å²) >= 11 is 0. The van der Waals surface area contributed by atoms with E-state index in [4.69, 9.17) is 16.2 Å². The van der Waals surface area contributed by atoms with Crippen molar-refractivity contribution in [1.29, 1.82) is 0 Å². The summed E-state index contributed by atoms with van der Waals surface area (Å²) in [4.78, 5) is 10.8. The van der Waals surface area contributed by atoms with E-state index >= 15 is 0 Å². The third-order valence-electron chi connectivity index (χ3n) is 3.23. The number of carbonyl (C=O) groups excluding carboxylic acids is 1. The van der Waals surface area contributed by atoms with E-state index in [0.717, 1.165) is 12.8 Å². The summed E-state index contributed by atoms with van der Waals surface area (Å²) in [5.74, 6) is 0.466. The number of carbonyl (C=O) groups is 1. The van der Waals surface area contributed by atoms with Gasteiger partial charge in [0.25, 0.3) is 0 Å². The van der Waals surface area contributed by atoms with Gasteiger partial charge < -0.3 is 16.2 Å². The number of amides is 1. The number of nitrogens with two attached hydrogens (primary N) is 2. The predicted molar refractivity (Wildman–Crippen MR) is 54.6 cm³/mol. The highest BCUT2D eigenvalue weighted by Gasteiger charge is 2.54. The van der Waals surface area contributed by atoms with Gasteiger partial charge in [0.15, 0.2) is 0 Å². The summed E-state index contributed by atoms with van der Waals surface area (Å²) in [7, 11) is 0. The topological polar surface area (TPSA) is 78.3 Å². The lowest BCUT2D eigenvalue weighted by Gasteiger charge is -2.53. The maximum atomic E-state index is 10.8. The molecule has 0 saturated heterocycles. The minimum absolute atomic E-state index is 0.0757. The van der Waals surface area contributed by atoms with Crippen LogP contribution in [0.3, 0.4) is 0 Å². The van der Waals surface area contributed by atoms with Gasteiger partial charge in [-0.2, -0.15) is 0 Å². The van der Waals surface area contributed by atoms with Crippen LogP contribution in [0.4, 0.5) is 4.79 Å². The van der Waals surface area contributed by atoms with Crippen LogP contribution in [0.15, 0.2) is 0 Å². The molecule has 0 aromatic carbocycles. The Morgan fingerprint density at radius 3 is 2.29 bits per heavy atom. The Morgan fingerprint density at radius 1 is 1.50 bits per heavy atom. The van der Waals surface area contributed by atoms with E-state index in [9.17, 15) is 4.79 Å². The molecule has 4 nitrogen and oxygen atoms in total. The zero-order valence-electron chi connectivity index (χ0n) is 9.17. The van der Waals surface area contributed by atoms with Gasteiger partial charge in [-0.15, -0.1) is 0 Å². The highest BCUT2D eigenvalue weighted by atomic mass is 16.6. The standard InChI is InChI=1S/C10H20N2O2/c1-9(2,3)10(14-8(12)13)4-7(5-10)6-11/h7H,4-6,11H2,1-3H3,(H2,12,13). The molecule has 0 unspecified atom stereocenters. The van der Waals surface area contributed by atoms with Gasteiger partial charge in [0, 0.05) is 5.41 Å². The van der Waals surface area contributed by atoms with E-state index < -0.39 is 11.7 Å². The highest BCUT2D eigenvalue weighted by molar-refractivity contribution is 5.65. The largest absolute Gasteiger partial charge is 0.443 e. The Morgan fingerprint density at radius 2 is 2.00 bits per heavy atom. The van der Waals surface area contributed by atoms with Gasteiger partial charge in [-0.3, -0.25) is 0 Å². The zero-order valence-corrected chi connectivity index (χ0v) is 9.17. The SMILES string of the molecule is CC(C)(C)C1(OC(N)=O)CC(CN)C1. The van der Waals surface area contributed by atoms with Crippen LogP contribution in [0, 0.1) is 11.3 Å². The van der Waals surface area contributed by atoms with E-state index in [2.05, 4.69) is 20.8 Å². The molecule has 0 radical (unpaired) electrons. The third kappa shape index (κ3) is 1.85. The Kier molecular flexibility index (Phi) is 2.76. The van der Waals surface area contributed by atoms with Crippen molar-refractivity contribution in [3.63, 3.8) is 0 Å². The highest BCUT2D eigenvalue weighted by Crippen LogP contribution is 2.51. The van der Waals surface area contributed by atoms with Gasteiger partial charge >= 0.3 is 6.09 Å². The Bertz CT molecular complexity index is 227. The Hall–Kier alpha value is -0.770. The van der Waals surface area contributed by atoms with Crippen molar-refractivity contribution >= 4 is 6.09 Å². The monoisotopic (exact) mass is 200 g/mol. The predicted octanol–water partition coefficient (Wildman–Crippen LogP) is 1.24. The molecule has 82 valence electrons. The average molecular weight is 200 g/mol. The first kappa shape index (κ1) is 11.3. The minimum Gasteiger partial charge on any atom is -0.443 e. The zero-order chi connectivity index (χ0) is 11.0. The lowest BCUT2D eigenvalue weighted by molar-refractivity contribution is -0.145. The first-order valence-electron chi connectivity index (χ1n) is 4.99. The summed E-state index contributed by atoms with van der Waals surface area (Å²) in [6, 6.07) is 0. The van der Waals surface area contributed by atoms with Crippen LogP contribution in [0.5, 0.6) is 0 Å². The number of rotatable bonds is 2. The number of hydrogen-bond acceptors (Lipinski definition) is 3. The van der Waals surface area contributed by atoms with Gasteiger partial charge in [0.2, 0.25) is 0 Å². The quantitative estimate of drug-likeness (QED) is 0.703. The molecule has 1 saturated carbocycles. The molecule has 0 aromatic heterocycles. The minimum atomic E-state index is -0.685. The summed E-state index contributed by atoms with van der Waals surface area (Å²) in [5, 5.41) is 0. The van der Waals surface area contributed by atoms with Crippen molar-refractivity contribution in [2.75, 3.05) is 6.54 Å². The second kappa shape index (κ2) is 3.42. The molecule has 0 heterocycles. The fourth-order valence-electron chi connectivity index (χ4n) is 2.08. The van der Waals surface area contributed by atoms with Crippen molar-refractivity contribution < 1.29 is 9.53 Å². The molecule has 0 bridgehead atoms. The van der Waals surface area contributed by atoms with Crippen LogP contribution in [0.1, 0.15) is 33.6 Å². The first-order valence-corrected chi connectivity index (χ1v) is 4.99. The van der Waals surface area contributed by atoms with Crippen LogP contribution >= 0.6 is 0 Å². The van der Waals surface area contributed by atoms with Crippen LogP contribution < -0.4 is 11.5 Å². The molecule has 1 amide bonds. The lowest BCUT2D eigenvalue weighted by atomic mass is 9.59. The first-order chi connectivity index (χ1) is 6.31. The van der Waals surface area contributed by atoms with Gasteiger partial charge in [0.1, 0.15) is 5.60 Å². The molecule has 0 aromatic rings. The maximum absolute atomic E-state index is 10.8. The number of primary amides is 1. The third-order valence-corrected chi connectivity index (χ3v) is 3.23. The molecule has 1 aliphatic rings. The molecular formula is C10H20N2O2.